The molecule has 0 bridgehead atoms. The van der Waals surface area contributed by atoms with E-state index in [4.69, 9.17) is 4.74 Å². The minimum absolute atomic E-state index is 0.000787. The average Bonchev–Trinajstić information content (AvgIpc) is 3.45. The first-order valence-corrected chi connectivity index (χ1v) is 12.6. The Balaban J connectivity index is 1.46. The first kappa shape index (κ1) is 24.2. The van der Waals surface area contributed by atoms with Gasteiger partial charge in [0, 0.05) is 32.3 Å². The number of carbonyl (C=O) groups excluding carboxylic acids is 3. The van der Waals surface area contributed by atoms with E-state index in [1.165, 1.54) is 11.8 Å². The fraction of sp³-hybridized carbons (Fsp3) is 0.565. The lowest BCUT2D eigenvalue weighted by Gasteiger charge is -2.32. The molecule has 0 spiro atoms. The minimum atomic E-state index is -0.396. The standard InChI is InChI=1S/C23H30N6O4S/c1-3-33-22(32)17-9-13-27(14-10-17)21(31)16(2)34-23-26-25-19(15-28-12-6-8-20(28)30)29(23)18-7-4-5-11-24-18/h4-5,7,11,16-17H,3,6,8-10,12-15H2,1-2H3. The molecule has 2 aliphatic rings. The summed E-state index contributed by atoms with van der Waals surface area (Å²) in [6.45, 7) is 6.14. The van der Waals surface area contributed by atoms with E-state index in [9.17, 15) is 14.4 Å². The quantitative estimate of drug-likeness (QED) is 0.412. The van der Waals surface area contributed by atoms with Crippen LogP contribution in [-0.4, -0.2) is 78.8 Å². The number of esters is 1. The van der Waals surface area contributed by atoms with Gasteiger partial charge in [-0.2, -0.15) is 0 Å². The molecular weight excluding hydrogens is 456 g/mol. The van der Waals surface area contributed by atoms with Gasteiger partial charge in [0.05, 0.1) is 24.3 Å². The van der Waals surface area contributed by atoms with E-state index >= 15 is 0 Å². The number of aromatic nitrogens is 4. The Morgan fingerprint density at radius 3 is 2.65 bits per heavy atom. The van der Waals surface area contributed by atoms with Gasteiger partial charge in [0.15, 0.2) is 11.0 Å². The van der Waals surface area contributed by atoms with Crippen LogP contribution >= 0.6 is 11.8 Å². The Kier molecular flexibility index (Phi) is 7.81. The van der Waals surface area contributed by atoms with Gasteiger partial charge < -0.3 is 14.5 Å². The number of likely N-dealkylation sites (tertiary alicyclic amines) is 2. The highest BCUT2D eigenvalue weighted by Gasteiger charge is 2.32. The van der Waals surface area contributed by atoms with Crippen molar-refractivity contribution in [2.75, 3.05) is 26.2 Å². The summed E-state index contributed by atoms with van der Waals surface area (Å²) in [5.74, 6) is 1.05. The van der Waals surface area contributed by atoms with Crippen molar-refractivity contribution in [3.8, 4) is 5.82 Å². The number of hydrogen-bond acceptors (Lipinski definition) is 8. The van der Waals surface area contributed by atoms with Crippen molar-refractivity contribution in [2.24, 2.45) is 5.92 Å². The maximum absolute atomic E-state index is 13.1. The molecule has 182 valence electrons. The molecule has 0 saturated carbocycles. The summed E-state index contributed by atoms with van der Waals surface area (Å²) in [5, 5.41) is 8.85. The number of nitrogens with zero attached hydrogens (tertiary/aromatic N) is 6. The second-order valence-corrected chi connectivity index (χ2v) is 9.76. The number of pyridine rings is 1. The van der Waals surface area contributed by atoms with Gasteiger partial charge in [-0.25, -0.2) is 4.98 Å². The number of amides is 2. The Morgan fingerprint density at radius 1 is 1.21 bits per heavy atom. The zero-order valence-electron chi connectivity index (χ0n) is 19.6. The van der Waals surface area contributed by atoms with Crippen LogP contribution in [0.5, 0.6) is 0 Å². The Bertz CT molecular complexity index is 1020. The number of carbonyl (C=O) groups is 3. The zero-order chi connectivity index (χ0) is 24.1. The van der Waals surface area contributed by atoms with Crippen molar-refractivity contribution < 1.29 is 19.1 Å². The van der Waals surface area contributed by atoms with Crippen LogP contribution in [0.4, 0.5) is 0 Å². The van der Waals surface area contributed by atoms with Crippen molar-refractivity contribution >= 4 is 29.5 Å². The molecule has 1 unspecified atom stereocenters. The summed E-state index contributed by atoms with van der Waals surface area (Å²) >= 11 is 1.32. The van der Waals surface area contributed by atoms with Gasteiger partial charge in [0.2, 0.25) is 11.8 Å². The van der Waals surface area contributed by atoms with Crippen LogP contribution in [-0.2, 0) is 25.7 Å². The first-order valence-electron chi connectivity index (χ1n) is 11.7. The predicted octanol–water partition coefficient (Wildman–Crippen LogP) is 2.07. The maximum atomic E-state index is 13.1. The van der Waals surface area contributed by atoms with E-state index in [0.717, 1.165) is 6.42 Å². The lowest BCUT2D eigenvalue weighted by Crippen LogP contribution is -2.43. The van der Waals surface area contributed by atoms with Crippen LogP contribution in [0, 0.1) is 5.92 Å². The highest BCUT2D eigenvalue weighted by Crippen LogP contribution is 2.28. The third-order valence-corrected chi connectivity index (χ3v) is 7.17. The molecule has 2 aromatic heterocycles. The number of thioether (sulfide) groups is 1. The largest absolute Gasteiger partial charge is 0.466 e. The van der Waals surface area contributed by atoms with Gasteiger partial charge in [-0.3, -0.25) is 19.0 Å². The number of hydrogen-bond donors (Lipinski definition) is 0. The molecule has 0 aromatic carbocycles. The van der Waals surface area contributed by atoms with Crippen LogP contribution in [0.25, 0.3) is 5.82 Å². The van der Waals surface area contributed by atoms with Crippen LogP contribution in [0.2, 0.25) is 0 Å². The van der Waals surface area contributed by atoms with E-state index in [1.54, 1.807) is 22.9 Å². The second kappa shape index (κ2) is 11.0. The van der Waals surface area contributed by atoms with Gasteiger partial charge >= 0.3 is 5.97 Å². The summed E-state index contributed by atoms with van der Waals surface area (Å²) in [6.07, 6.45) is 4.31. The molecule has 0 N–H and O–H groups in total. The average molecular weight is 487 g/mol. The van der Waals surface area contributed by atoms with Crippen molar-refractivity contribution in [2.45, 2.75) is 56.5 Å². The second-order valence-electron chi connectivity index (χ2n) is 8.45. The van der Waals surface area contributed by atoms with Gasteiger partial charge in [-0.1, -0.05) is 17.8 Å². The van der Waals surface area contributed by atoms with E-state index < -0.39 is 5.25 Å². The van der Waals surface area contributed by atoms with E-state index in [0.29, 0.717) is 68.8 Å². The molecule has 1 atom stereocenters. The van der Waals surface area contributed by atoms with Crippen molar-refractivity contribution in [3.63, 3.8) is 0 Å². The maximum Gasteiger partial charge on any atom is 0.309 e. The Labute approximate surface area is 203 Å². The summed E-state index contributed by atoms with van der Waals surface area (Å²) in [6, 6.07) is 5.57. The summed E-state index contributed by atoms with van der Waals surface area (Å²) in [5.41, 5.74) is 0. The smallest absolute Gasteiger partial charge is 0.309 e. The van der Waals surface area contributed by atoms with Crippen molar-refractivity contribution in [1.29, 1.82) is 0 Å². The molecule has 11 heteroatoms. The predicted molar refractivity (Wildman–Crippen MR) is 125 cm³/mol. The van der Waals surface area contributed by atoms with Crippen molar-refractivity contribution in [1.82, 2.24) is 29.5 Å². The molecule has 2 amide bonds. The third kappa shape index (κ3) is 5.40. The van der Waals surface area contributed by atoms with Gasteiger partial charge in [0.1, 0.15) is 5.82 Å². The molecule has 4 heterocycles. The van der Waals surface area contributed by atoms with Crippen LogP contribution in [0.15, 0.2) is 29.6 Å². The summed E-state index contributed by atoms with van der Waals surface area (Å²) in [4.78, 5) is 45.3. The lowest BCUT2D eigenvalue weighted by molar-refractivity contribution is -0.151. The summed E-state index contributed by atoms with van der Waals surface area (Å²) < 4.78 is 6.95. The van der Waals surface area contributed by atoms with Crippen LogP contribution in [0.1, 0.15) is 45.4 Å². The van der Waals surface area contributed by atoms with Gasteiger partial charge in [-0.15, -0.1) is 10.2 Å². The third-order valence-electron chi connectivity index (χ3n) is 6.14. The SMILES string of the molecule is CCOC(=O)C1CCN(C(=O)C(C)Sc2nnc(CN3CCCC3=O)n2-c2ccccn2)CC1. The normalized spacial score (nSPS) is 17.8. The molecule has 2 aliphatic heterocycles. The first-order chi connectivity index (χ1) is 16.5. The molecule has 2 saturated heterocycles. The van der Waals surface area contributed by atoms with Crippen LogP contribution in [0.3, 0.4) is 0 Å². The molecular formula is C23H30N6O4S. The zero-order valence-corrected chi connectivity index (χ0v) is 20.4. The number of piperidine rings is 1. The summed E-state index contributed by atoms with van der Waals surface area (Å²) in [7, 11) is 0. The molecule has 0 radical (unpaired) electrons. The molecule has 2 aromatic rings. The fourth-order valence-electron chi connectivity index (χ4n) is 4.30. The van der Waals surface area contributed by atoms with E-state index in [2.05, 4.69) is 15.2 Å². The lowest BCUT2D eigenvalue weighted by atomic mass is 9.97. The molecule has 4 rings (SSSR count). The van der Waals surface area contributed by atoms with Gasteiger partial charge in [-0.05, 0) is 45.2 Å². The van der Waals surface area contributed by atoms with E-state index in [1.807, 2.05) is 29.7 Å². The van der Waals surface area contributed by atoms with E-state index in [-0.39, 0.29) is 23.7 Å². The molecule has 10 nitrogen and oxygen atoms in total. The number of rotatable bonds is 8. The topological polar surface area (TPSA) is 111 Å². The fourth-order valence-corrected chi connectivity index (χ4v) is 5.26. The Morgan fingerprint density at radius 2 is 2.00 bits per heavy atom. The highest BCUT2D eigenvalue weighted by molar-refractivity contribution is 8.00. The monoisotopic (exact) mass is 486 g/mol. The van der Waals surface area contributed by atoms with Crippen molar-refractivity contribution in [3.05, 3.63) is 30.2 Å². The molecule has 34 heavy (non-hydrogen) atoms. The molecule has 2 fully saturated rings. The minimum Gasteiger partial charge on any atom is -0.466 e. The van der Waals surface area contributed by atoms with Crippen LogP contribution < -0.4 is 0 Å². The van der Waals surface area contributed by atoms with Gasteiger partial charge in [0.25, 0.3) is 0 Å². The molecule has 0 aliphatic carbocycles. The Hall–Kier alpha value is -2.95. The highest BCUT2D eigenvalue weighted by atomic mass is 32.2. The number of ether oxygens (including phenoxy) is 1.